The molecular formula is C17H23N3O3. The number of piperazine rings is 1. The second-order valence-corrected chi connectivity index (χ2v) is 6.12. The molecule has 1 atom stereocenters. The molecule has 2 amide bonds. The fraction of sp³-hybridized carbons (Fsp3) is 0.529. The Morgan fingerprint density at radius 3 is 2.57 bits per heavy atom. The van der Waals surface area contributed by atoms with E-state index in [2.05, 4.69) is 11.4 Å². The Morgan fingerprint density at radius 1 is 1.17 bits per heavy atom. The fourth-order valence-corrected chi connectivity index (χ4v) is 3.10. The van der Waals surface area contributed by atoms with Crippen LogP contribution in [0.3, 0.4) is 0 Å². The van der Waals surface area contributed by atoms with Crippen LogP contribution in [0.1, 0.15) is 19.4 Å². The molecule has 1 aromatic carbocycles. The Hall–Kier alpha value is -2.24. The summed E-state index contributed by atoms with van der Waals surface area (Å²) in [5.74, 6) is 1.09. The number of amides is 2. The van der Waals surface area contributed by atoms with E-state index in [4.69, 9.17) is 4.74 Å². The van der Waals surface area contributed by atoms with E-state index in [1.807, 2.05) is 24.0 Å². The van der Waals surface area contributed by atoms with Crippen molar-refractivity contribution in [2.24, 2.45) is 0 Å². The summed E-state index contributed by atoms with van der Waals surface area (Å²) in [6.45, 7) is 6.61. The molecule has 2 aliphatic rings. The Bertz CT molecular complexity index is 609. The van der Waals surface area contributed by atoms with Crippen molar-refractivity contribution < 1.29 is 14.3 Å². The van der Waals surface area contributed by atoms with Crippen LogP contribution in [0.25, 0.3) is 0 Å². The predicted octanol–water partition coefficient (Wildman–Crippen LogP) is 1.11. The summed E-state index contributed by atoms with van der Waals surface area (Å²) in [4.78, 5) is 27.5. The van der Waals surface area contributed by atoms with Crippen molar-refractivity contribution in [3.63, 3.8) is 0 Å². The summed E-state index contributed by atoms with van der Waals surface area (Å²) < 4.78 is 5.50. The lowest BCUT2D eigenvalue weighted by Gasteiger charge is -2.35. The number of ether oxygens (including phenoxy) is 1. The highest BCUT2D eigenvalue weighted by Gasteiger charge is 2.26. The van der Waals surface area contributed by atoms with Crippen molar-refractivity contribution >= 4 is 17.5 Å². The minimum atomic E-state index is -0.292. The largest absolute Gasteiger partial charge is 0.493 e. The minimum absolute atomic E-state index is 0.0728. The zero-order valence-corrected chi connectivity index (χ0v) is 13.7. The molecule has 2 heterocycles. The molecule has 0 aliphatic carbocycles. The van der Waals surface area contributed by atoms with Gasteiger partial charge in [0.25, 0.3) is 0 Å². The van der Waals surface area contributed by atoms with Crippen LogP contribution < -0.4 is 10.1 Å². The van der Waals surface area contributed by atoms with Gasteiger partial charge in [-0.05, 0) is 30.7 Å². The first-order chi connectivity index (χ1) is 11.0. The van der Waals surface area contributed by atoms with Crippen molar-refractivity contribution in [1.82, 2.24) is 9.80 Å². The molecule has 2 aliphatic heterocycles. The normalized spacial score (nSPS) is 18.2. The van der Waals surface area contributed by atoms with Gasteiger partial charge in [-0.2, -0.15) is 0 Å². The summed E-state index contributed by atoms with van der Waals surface area (Å²) in [5, 5.41) is 3.28. The molecule has 1 aromatic rings. The zero-order valence-electron chi connectivity index (χ0n) is 13.7. The van der Waals surface area contributed by atoms with E-state index in [1.165, 1.54) is 5.56 Å². The Balaban J connectivity index is 1.57. The van der Waals surface area contributed by atoms with E-state index in [0.717, 1.165) is 24.5 Å². The zero-order chi connectivity index (χ0) is 16.4. The number of rotatable bonds is 3. The third-order valence-electron chi connectivity index (χ3n) is 4.48. The molecule has 0 radical (unpaired) electrons. The molecule has 0 aromatic heterocycles. The highest BCUT2D eigenvalue weighted by atomic mass is 16.5. The monoisotopic (exact) mass is 317 g/mol. The van der Waals surface area contributed by atoms with Crippen LogP contribution in [0.15, 0.2) is 18.2 Å². The van der Waals surface area contributed by atoms with Crippen LogP contribution in [-0.4, -0.2) is 60.4 Å². The van der Waals surface area contributed by atoms with Crippen molar-refractivity contribution in [2.75, 3.05) is 38.1 Å². The molecule has 6 heteroatoms. The highest BCUT2D eigenvalue weighted by Crippen LogP contribution is 2.28. The summed E-state index contributed by atoms with van der Waals surface area (Å²) in [7, 11) is 0. The minimum Gasteiger partial charge on any atom is -0.493 e. The standard InChI is InChI=1S/C17H23N3O3/c1-12(17(22)20-8-6-19(7-9-20)13(2)21)18-15-3-4-16-14(11-15)5-10-23-16/h3-4,11-12,18H,5-10H2,1-2H3/t12-/m1/s1. The van der Waals surface area contributed by atoms with Gasteiger partial charge in [-0.25, -0.2) is 0 Å². The number of carbonyl (C=O) groups is 2. The molecule has 3 rings (SSSR count). The summed E-state index contributed by atoms with van der Waals surface area (Å²) in [6, 6.07) is 5.66. The molecule has 124 valence electrons. The lowest BCUT2D eigenvalue weighted by Crippen LogP contribution is -2.53. The fourth-order valence-electron chi connectivity index (χ4n) is 3.10. The van der Waals surface area contributed by atoms with Crippen molar-refractivity contribution in [3.8, 4) is 5.75 Å². The molecule has 1 saturated heterocycles. The maximum atomic E-state index is 12.5. The van der Waals surface area contributed by atoms with Gasteiger partial charge in [0.2, 0.25) is 11.8 Å². The maximum Gasteiger partial charge on any atom is 0.244 e. The predicted molar refractivity (Wildman–Crippen MR) is 87.6 cm³/mol. The molecule has 6 nitrogen and oxygen atoms in total. The van der Waals surface area contributed by atoms with E-state index in [1.54, 1.807) is 11.8 Å². The first-order valence-electron chi connectivity index (χ1n) is 8.11. The Morgan fingerprint density at radius 2 is 1.87 bits per heavy atom. The first-order valence-corrected chi connectivity index (χ1v) is 8.11. The van der Waals surface area contributed by atoms with Gasteiger partial charge in [0.1, 0.15) is 11.8 Å². The molecular weight excluding hydrogens is 294 g/mol. The number of hydrogen-bond donors (Lipinski definition) is 1. The summed E-state index contributed by atoms with van der Waals surface area (Å²) in [6.07, 6.45) is 0.917. The average Bonchev–Trinajstić information content (AvgIpc) is 3.01. The third-order valence-corrected chi connectivity index (χ3v) is 4.48. The molecule has 0 saturated carbocycles. The number of benzene rings is 1. The SMILES string of the molecule is CC(=O)N1CCN(C(=O)[C@@H](C)Nc2ccc3c(c2)CCO3)CC1. The van der Waals surface area contributed by atoms with Crippen molar-refractivity contribution in [2.45, 2.75) is 26.3 Å². The third kappa shape index (κ3) is 3.41. The van der Waals surface area contributed by atoms with E-state index in [0.29, 0.717) is 26.2 Å². The van der Waals surface area contributed by atoms with Gasteiger partial charge >= 0.3 is 0 Å². The van der Waals surface area contributed by atoms with Crippen molar-refractivity contribution in [1.29, 1.82) is 0 Å². The number of hydrogen-bond acceptors (Lipinski definition) is 4. The van der Waals surface area contributed by atoms with Crippen LogP contribution in [0.4, 0.5) is 5.69 Å². The number of fused-ring (bicyclic) bond motifs is 1. The lowest BCUT2D eigenvalue weighted by atomic mass is 10.1. The van der Waals surface area contributed by atoms with Gasteiger partial charge in [0.15, 0.2) is 0 Å². The van der Waals surface area contributed by atoms with E-state index in [9.17, 15) is 9.59 Å². The number of anilines is 1. The van der Waals surface area contributed by atoms with Crippen LogP contribution in [0.5, 0.6) is 5.75 Å². The van der Waals surface area contributed by atoms with E-state index in [-0.39, 0.29) is 17.9 Å². The first kappa shape index (κ1) is 15.6. The molecule has 1 fully saturated rings. The quantitative estimate of drug-likeness (QED) is 0.907. The van der Waals surface area contributed by atoms with Crippen molar-refractivity contribution in [3.05, 3.63) is 23.8 Å². The van der Waals surface area contributed by atoms with Crippen LogP contribution >= 0.6 is 0 Å². The smallest absolute Gasteiger partial charge is 0.244 e. The second kappa shape index (κ2) is 6.48. The molecule has 0 spiro atoms. The Kier molecular flexibility index (Phi) is 4.41. The Labute approximate surface area is 136 Å². The van der Waals surface area contributed by atoms with Gasteiger partial charge < -0.3 is 19.9 Å². The van der Waals surface area contributed by atoms with E-state index < -0.39 is 0 Å². The molecule has 0 bridgehead atoms. The van der Waals surface area contributed by atoms with Crippen LogP contribution in [-0.2, 0) is 16.0 Å². The topological polar surface area (TPSA) is 61.9 Å². The number of nitrogens with one attached hydrogen (secondary N) is 1. The van der Waals surface area contributed by atoms with Crippen LogP contribution in [0.2, 0.25) is 0 Å². The molecule has 0 unspecified atom stereocenters. The van der Waals surface area contributed by atoms with Gasteiger partial charge in [-0.15, -0.1) is 0 Å². The molecule has 23 heavy (non-hydrogen) atoms. The van der Waals surface area contributed by atoms with Crippen LogP contribution in [0, 0.1) is 0 Å². The highest BCUT2D eigenvalue weighted by molar-refractivity contribution is 5.84. The average molecular weight is 317 g/mol. The molecule has 1 N–H and O–H groups in total. The summed E-state index contributed by atoms with van der Waals surface area (Å²) >= 11 is 0. The summed E-state index contributed by atoms with van der Waals surface area (Å²) in [5.41, 5.74) is 2.13. The van der Waals surface area contributed by atoms with E-state index >= 15 is 0 Å². The number of nitrogens with zero attached hydrogens (tertiary/aromatic N) is 2. The number of carbonyl (C=O) groups excluding carboxylic acids is 2. The van der Waals surface area contributed by atoms with Gasteiger partial charge in [0.05, 0.1) is 6.61 Å². The second-order valence-electron chi connectivity index (χ2n) is 6.12. The van der Waals surface area contributed by atoms with Gasteiger partial charge in [-0.3, -0.25) is 9.59 Å². The van der Waals surface area contributed by atoms with Gasteiger partial charge in [-0.1, -0.05) is 0 Å². The maximum absolute atomic E-state index is 12.5. The van der Waals surface area contributed by atoms with Gasteiger partial charge in [0, 0.05) is 45.2 Å². The lowest BCUT2D eigenvalue weighted by molar-refractivity contribution is -0.138.